The number of halogens is 2. The molecule has 0 aliphatic carbocycles. The highest BCUT2D eigenvalue weighted by Crippen LogP contribution is 2.26. The summed E-state index contributed by atoms with van der Waals surface area (Å²) in [6, 6.07) is 8.97. The molecule has 0 radical (unpaired) electrons. The number of hydrogen-bond acceptors (Lipinski definition) is 2. The molecular weight excluding hydrogens is 260 g/mol. The van der Waals surface area contributed by atoms with Gasteiger partial charge >= 0.3 is 0 Å². The summed E-state index contributed by atoms with van der Waals surface area (Å²) in [7, 11) is 0. The summed E-state index contributed by atoms with van der Waals surface area (Å²) >= 11 is 0. The van der Waals surface area contributed by atoms with Crippen LogP contribution in [0.15, 0.2) is 36.4 Å². The van der Waals surface area contributed by atoms with Crippen molar-refractivity contribution in [1.82, 2.24) is 0 Å². The molecule has 4 heteroatoms. The molecule has 0 aliphatic heterocycles. The molecule has 0 saturated heterocycles. The van der Waals surface area contributed by atoms with Crippen LogP contribution >= 0.6 is 0 Å². The fraction of sp³-hybridized carbons (Fsp3) is 0.250. The Labute approximate surface area is 117 Å². The number of rotatable bonds is 4. The lowest BCUT2D eigenvalue weighted by molar-refractivity contribution is 0.295. The first-order valence-electron chi connectivity index (χ1n) is 6.40. The van der Waals surface area contributed by atoms with Crippen molar-refractivity contribution >= 4 is 0 Å². The van der Waals surface area contributed by atoms with Gasteiger partial charge in [0, 0.05) is 23.2 Å². The monoisotopic (exact) mass is 277 g/mol. The number of ether oxygens (including phenoxy) is 1. The number of benzene rings is 2. The fourth-order valence-electron chi connectivity index (χ4n) is 1.94. The van der Waals surface area contributed by atoms with Crippen LogP contribution in [0.2, 0.25) is 0 Å². The van der Waals surface area contributed by atoms with E-state index in [1.807, 2.05) is 32.0 Å². The maximum Gasteiger partial charge on any atom is 0.132 e. The van der Waals surface area contributed by atoms with Gasteiger partial charge in [0.1, 0.15) is 24.0 Å². The molecule has 2 aromatic rings. The normalized spacial score (nSPS) is 12.2. The zero-order chi connectivity index (χ0) is 14.7. The third kappa shape index (κ3) is 3.33. The second kappa shape index (κ2) is 6.01. The summed E-state index contributed by atoms with van der Waals surface area (Å²) in [5.74, 6) is -0.582. The Bertz CT molecular complexity index is 611. The van der Waals surface area contributed by atoms with E-state index in [0.29, 0.717) is 11.3 Å². The average Bonchev–Trinajstić information content (AvgIpc) is 2.37. The number of nitrogens with two attached hydrogens (primary N) is 1. The molecule has 2 aromatic carbocycles. The SMILES string of the molecule is Cc1ccc([C@H](C)N)c(OCc2ccc(F)cc2F)c1. The van der Waals surface area contributed by atoms with Crippen LogP contribution in [0.4, 0.5) is 8.78 Å². The lowest BCUT2D eigenvalue weighted by atomic mass is 10.1. The van der Waals surface area contributed by atoms with E-state index in [9.17, 15) is 8.78 Å². The highest BCUT2D eigenvalue weighted by molar-refractivity contribution is 5.39. The summed E-state index contributed by atoms with van der Waals surface area (Å²) in [6.45, 7) is 3.83. The fourth-order valence-corrected chi connectivity index (χ4v) is 1.94. The van der Waals surface area contributed by atoms with Crippen LogP contribution in [0.25, 0.3) is 0 Å². The van der Waals surface area contributed by atoms with E-state index >= 15 is 0 Å². The minimum Gasteiger partial charge on any atom is -0.488 e. The van der Waals surface area contributed by atoms with Crippen molar-refractivity contribution < 1.29 is 13.5 Å². The van der Waals surface area contributed by atoms with Crippen LogP contribution in [-0.2, 0) is 6.61 Å². The van der Waals surface area contributed by atoms with Gasteiger partial charge in [0.2, 0.25) is 0 Å². The van der Waals surface area contributed by atoms with E-state index in [1.165, 1.54) is 12.1 Å². The Morgan fingerprint density at radius 1 is 1.15 bits per heavy atom. The third-order valence-corrected chi connectivity index (χ3v) is 3.06. The zero-order valence-electron chi connectivity index (χ0n) is 11.5. The molecule has 1 atom stereocenters. The molecule has 0 fully saturated rings. The molecule has 20 heavy (non-hydrogen) atoms. The minimum absolute atomic E-state index is 0.0370. The first-order valence-corrected chi connectivity index (χ1v) is 6.40. The van der Waals surface area contributed by atoms with Crippen molar-refractivity contribution in [3.05, 3.63) is 64.7 Å². The summed E-state index contributed by atoms with van der Waals surface area (Å²) in [6.07, 6.45) is 0. The van der Waals surface area contributed by atoms with Crippen molar-refractivity contribution in [2.24, 2.45) is 5.73 Å². The van der Waals surface area contributed by atoms with Gasteiger partial charge in [0.05, 0.1) is 0 Å². The minimum atomic E-state index is -0.611. The first-order chi connectivity index (χ1) is 9.47. The summed E-state index contributed by atoms with van der Waals surface area (Å²) in [4.78, 5) is 0. The second-order valence-corrected chi connectivity index (χ2v) is 4.85. The first kappa shape index (κ1) is 14.5. The highest BCUT2D eigenvalue weighted by atomic mass is 19.1. The van der Waals surface area contributed by atoms with Crippen LogP contribution in [0.1, 0.15) is 29.7 Å². The van der Waals surface area contributed by atoms with Gasteiger partial charge in [-0.05, 0) is 37.6 Å². The smallest absolute Gasteiger partial charge is 0.132 e. The third-order valence-electron chi connectivity index (χ3n) is 3.06. The highest BCUT2D eigenvalue weighted by Gasteiger charge is 2.10. The van der Waals surface area contributed by atoms with E-state index in [4.69, 9.17) is 10.5 Å². The van der Waals surface area contributed by atoms with Gasteiger partial charge in [-0.2, -0.15) is 0 Å². The summed E-state index contributed by atoms with van der Waals surface area (Å²) in [5, 5.41) is 0. The van der Waals surface area contributed by atoms with Gasteiger partial charge in [-0.1, -0.05) is 12.1 Å². The molecule has 2 rings (SSSR count). The van der Waals surface area contributed by atoms with Crippen LogP contribution in [-0.4, -0.2) is 0 Å². The summed E-state index contributed by atoms with van der Waals surface area (Å²) in [5.41, 5.74) is 8.08. The van der Waals surface area contributed by atoms with Gasteiger partial charge in [-0.15, -0.1) is 0 Å². The van der Waals surface area contributed by atoms with Gasteiger partial charge in [0.25, 0.3) is 0 Å². The van der Waals surface area contributed by atoms with Gasteiger partial charge in [0.15, 0.2) is 0 Å². The van der Waals surface area contributed by atoms with Crippen molar-refractivity contribution in [3.8, 4) is 5.75 Å². The second-order valence-electron chi connectivity index (χ2n) is 4.85. The quantitative estimate of drug-likeness (QED) is 0.920. The standard InChI is InChI=1S/C16H17F2NO/c1-10-3-6-14(11(2)19)16(7-10)20-9-12-4-5-13(17)8-15(12)18/h3-8,11H,9,19H2,1-2H3/t11-/m0/s1. The Morgan fingerprint density at radius 3 is 2.55 bits per heavy atom. The molecule has 0 amide bonds. The zero-order valence-corrected chi connectivity index (χ0v) is 11.5. The molecular formula is C16H17F2NO. The summed E-state index contributed by atoms with van der Waals surface area (Å²) < 4.78 is 32.0. The van der Waals surface area contributed by atoms with E-state index in [1.54, 1.807) is 0 Å². The van der Waals surface area contributed by atoms with Gasteiger partial charge < -0.3 is 10.5 Å². The topological polar surface area (TPSA) is 35.2 Å². The molecule has 2 N–H and O–H groups in total. The molecule has 0 spiro atoms. The molecule has 0 aromatic heterocycles. The maximum absolute atomic E-state index is 13.5. The van der Waals surface area contributed by atoms with Crippen LogP contribution < -0.4 is 10.5 Å². The molecule has 0 aliphatic rings. The Balaban J connectivity index is 2.20. The lowest BCUT2D eigenvalue weighted by Crippen LogP contribution is -2.08. The van der Waals surface area contributed by atoms with E-state index in [2.05, 4.69) is 0 Å². The molecule has 0 heterocycles. The van der Waals surface area contributed by atoms with Gasteiger partial charge in [-0.3, -0.25) is 0 Å². The van der Waals surface area contributed by atoms with Crippen molar-refractivity contribution in [2.45, 2.75) is 26.5 Å². The van der Waals surface area contributed by atoms with E-state index < -0.39 is 11.6 Å². The van der Waals surface area contributed by atoms with Crippen molar-refractivity contribution in [3.63, 3.8) is 0 Å². The maximum atomic E-state index is 13.5. The average molecular weight is 277 g/mol. The predicted octanol–water partition coefficient (Wildman–Crippen LogP) is 3.87. The van der Waals surface area contributed by atoms with E-state index in [0.717, 1.165) is 17.2 Å². The van der Waals surface area contributed by atoms with Gasteiger partial charge in [-0.25, -0.2) is 8.78 Å². The van der Waals surface area contributed by atoms with Crippen LogP contribution in [0, 0.1) is 18.6 Å². The Hall–Kier alpha value is -1.94. The predicted molar refractivity (Wildman–Crippen MR) is 74.5 cm³/mol. The van der Waals surface area contributed by atoms with Crippen molar-refractivity contribution in [2.75, 3.05) is 0 Å². The Morgan fingerprint density at radius 2 is 1.90 bits per heavy atom. The van der Waals surface area contributed by atoms with Crippen LogP contribution in [0.5, 0.6) is 5.75 Å². The molecule has 0 saturated carbocycles. The number of hydrogen-bond donors (Lipinski definition) is 1. The molecule has 0 unspecified atom stereocenters. The largest absolute Gasteiger partial charge is 0.488 e. The van der Waals surface area contributed by atoms with E-state index in [-0.39, 0.29) is 12.6 Å². The van der Waals surface area contributed by atoms with Crippen molar-refractivity contribution in [1.29, 1.82) is 0 Å². The lowest BCUT2D eigenvalue weighted by Gasteiger charge is -2.15. The molecule has 2 nitrogen and oxygen atoms in total. The molecule has 0 bridgehead atoms. The van der Waals surface area contributed by atoms with Crippen LogP contribution in [0.3, 0.4) is 0 Å². The Kier molecular flexibility index (Phi) is 4.35. The molecule has 106 valence electrons. The number of aryl methyl sites for hydroxylation is 1.